The Labute approximate surface area is 198 Å². The van der Waals surface area contributed by atoms with Crippen LogP contribution < -0.4 is 0 Å². The molecule has 0 amide bonds. The molecule has 2 unspecified atom stereocenters. The Morgan fingerprint density at radius 2 is 1.19 bits per heavy atom. The maximum Gasteiger partial charge on any atom is 0.505 e. The second kappa shape index (κ2) is 10.4. The van der Waals surface area contributed by atoms with Crippen molar-refractivity contribution in [1.82, 2.24) is 9.97 Å². The van der Waals surface area contributed by atoms with Gasteiger partial charge in [-0.25, -0.2) is 19.6 Å². The smallest absolute Gasteiger partial charge is 0.450 e. The molecule has 2 N–H and O–H groups in total. The topological polar surface area (TPSA) is 119 Å². The molecule has 0 spiro atoms. The lowest BCUT2D eigenvalue weighted by Crippen LogP contribution is -2.31. The quantitative estimate of drug-likeness (QED) is 0.208. The number of aromatic nitrogens is 2. The number of nitrogens with zero attached hydrogens (tertiary/aromatic N) is 2. The van der Waals surface area contributed by atoms with Crippen LogP contribution in [0, 0.1) is 0 Å². The molecule has 0 radical (unpaired) electrons. The molecule has 2 atom stereocenters. The average molecular weight is 509 g/mol. The summed E-state index contributed by atoms with van der Waals surface area (Å²) in [5.41, 5.74) is 1.69. The predicted octanol–water partition coefficient (Wildman–Crippen LogP) is 5.92. The third-order valence-electron chi connectivity index (χ3n) is 4.21. The molecule has 0 saturated heterocycles. The summed E-state index contributed by atoms with van der Waals surface area (Å²) in [5.74, 6) is 0. The molecule has 4 aromatic rings. The third kappa shape index (κ3) is 5.82. The van der Waals surface area contributed by atoms with Crippen molar-refractivity contribution < 1.29 is 29.3 Å². The first-order chi connectivity index (χ1) is 15.5. The van der Waals surface area contributed by atoms with E-state index in [0.717, 1.165) is 29.1 Å². The first-order valence-corrected chi connectivity index (χ1v) is 12.6. The number of rotatable bonds is 9. The number of carbonyl (C=O) groups is 2. The number of ether oxygens (including phenoxy) is 2. The summed E-state index contributed by atoms with van der Waals surface area (Å²) in [6, 6.07) is 15.4. The van der Waals surface area contributed by atoms with Gasteiger partial charge in [-0.1, -0.05) is 47.8 Å². The lowest BCUT2D eigenvalue weighted by molar-refractivity contribution is 0.0798. The van der Waals surface area contributed by atoms with Crippen molar-refractivity contribution in [2.24, 2.45) is 0 Å². The average Bonchev–Trinajstić information content (AvgIpc) is 3.36. The minimum atomic E-state index is -1.40. The number of thiazole rings is 2. The summed E-state index contributed by atoms with van der Waals surface area (Å²) in [5, 5.41) is 17.2. The van der Waals surface area contributed by atoms with Gasteiger partial charge in [0.15, 0.2) is 8.68 Å². The van der Waals surface area contributed by atoms with Crippen LogP contribution in [0.3, 0.4) is 0 Å². The van der Waals surface area contributed by atoms with E-state index in [4.69, 9.17) is 19.7 Å². The second-order valence-corrected chi connectivity index (χ2v) is 11.4. The summed E-state index contributed by atoms with van der Waals surface area (Å²) >= 11 is 5.65. The number of hydrogen-bond acceptors (Lipinski definition) is 10. The molecule has 0 bridgehead atoms. The van der Waals surface area contributed by atoms with Crippen LogP contribution in [0.15, 0.2) is 57.2 Å². The molecule has 0 fully saturated rings. The lowest BCUT2D eigenvalue weighted by Gasteiger charge is -2.23. The monoisotopic (exact) mass is 508 g/mol. The maximum atomic E-state index is 11.1. The standard InChI is InChI=1S/C20H16N2O6S4/c23-19(24)27-9-15(31-17-21-11-5-1-3-7-13(11)29-17)16(10-28-20(25)26)32-18-22-12-6-2-4-8-14(12)30-18/h1-8,15-16H,9-10H2,(H,23,24)(H,25,26). The molecule has 4 rings (SSSR count). The molecular formula is C20H16N2O6S4. The van der Waals surface area contributed by atoms with Gasteiger partial charge in [0.2, 0.25) is 0 Å². The van der Waals surface area contributed by atoms with Gasteiger partial charge in [-0.15, -0.1) is 22.7 Å². The molecule has 2 aromatic carbocycles. The van der Waals surface area contributed by atoms with Crippen LogP contribution in [0.4, 0.5) is 9.59 Å². The Bertz CT molecular complexity index is 1080. The first-order valence-electron chi connectivity index (χ1n) is 9.24. The van der Waals surface area contributed by atoms with Gasteiger partial charge in [-0.2, -0.15) is 0 Å². The van der Waals surface area contributed by atoms with Gasteiger partial charge in [0.25, 0.3) is 0 Å². The van der Waals surface area contributed by atoms with Crippen LogP contribution in [0.2, 0.25) is 0 Å². The summed E-state index contributed by atoms with van der Waals surface area (Å²) in [6.45, 7) is -0.303. The van der Waals surface area contributed by atoms with E-state index in [-0.39, 0.29) is 13.2 Å². The van der Waals surface area contributed by atoms with Crippen LogP contribution >= 0.6 is 46.2 Å². The predicted molar refractivity (Wildman–Crippen MR) is 126 cm³/mol. The van der Waals surface area contributed by atoms with Crippen LogP contribution in [-0.4, -0.2) is 56.2 Å². The molecule has 8 nitrogen and oxygen atoms in total. The van der Waals surface area contributed by atoms with Gasteiger partial charge in [0, 0.05) is 0 Å². The summed E-state index contributed by atoms with van der Waals surface area (Å²) in [7, 11) is 0. The molecule has 0 aliphatic rings. The van der Waals surface area contributed by atoms with E-state index in [0.29, 0.717) is 0 Å². The Morgan fingerprint density at radius 1 is 0.781 bits per heavy atom. The second-order valence-electron chi connectivity index (χ2n) is 6.36. The van der Waals surface area contributed by atoms with Crippen molar-refractivity contribution in [1.29, 1.82) is 0 Å². The van der Waals surface area contributed by atoms with Crippen molar-refractivity contribution in [3.05, 3.63) is 48.5 Å². The van der Waals surface area contributed by atoms with E-state index in [2.05, 4.69) is 9.97 Å². The van der Waals surface area contributed by atoms with E-state index in [9.17, 15) is 9.59 Å². The van der Waals surface area contributed by atoms with Crippen LogP contribution in [0.5, 0.6) is 0 Å². The van der Waals surface area contributed by atoms with Crippen LogP contribution in [0.1, 0.15) is 0 Å². The number of benzene rings is 2. The van der Waals surface area contributed by atoms with Crippen molar-refractivity contribution in [3.63, 3.8) is 0 Å². The van der Waals surface area contributed by atoms with Crippen molar-refractivity contribution in [3.8, 4) is 0 Å². The zero-order chi connectivity index (χ0) is 22.5. The number of fused-ring (bicyclic) bond motifs is 2. The highest BCUT2D eigenvalue weighted by atomic mass is 32.2. The Morgan fingerprint density at radius 3 is 1.56 bits per heavy atom. The molecule has 2 aromatic heterocycles. The van der Waals surface area contributed by atoms with E-state index < -0.39 is 22.8 Å². The fourth-order valence-electron chi connectivity index (χ4n) is 2.80. The Balaban J connectivity index is 1.60. The van der Waals surface area contributed by atoms with Gasteiger partial charge < -0.3 is 19.7 Å². The molecule has 166 valence electrons. The van der Waals surface area contributed by atoms with Gasteiger partial charge in [-0.3, -0.25) is 0 Å². The Hall–Kier alpha value is -2.54. The van der Waals surface area contributed by atoms with E-state index in [1.807, 2.05) is 48.5 Å². The third-order valence-corrected chi connectivity index (χ3v) is 9.24. The van der Waals surface area contributed by atoms with Crippen molar-refractivity contribution in [2.75, 3.05) is 13.2 Å². The molecule has 0 saturated carbocycles. The first kappa shape index (κ1) is 22.6. The SMILES string of the molecule is O=C(O)OCC(Sc1nc2ccccc2s1)C(COC(=O)O)Sc1nc2ccccc2s1. The number of para-hydroxylation sites is 2. The summed E-state index contributed by atoms with van der Waals surface area (Å²) in [4.78, 5) is 31.3. The minimum Gasteiger partial charge on any atom is -0.450 e. The van der Waals surface area contributed by atoms with Crippen molar-refractivity contribution in [2.45, 2.75) is 19.2 Å². The Kier molecular flexibility index (Phi) is 7.35. The van der Waals surface area contributed by atoms with Crippen LogP contribution in [0.25, 0.3) is 20.4 Å². The summed E-state index contributed by atoms with van der Waals surface area (Å²) < 4.78 is 13.2. The van der Waals surface area contributed by atoms with Crippen molar-refractivity contribution >= 4 is 78.9 Å². The molecule has 0 aliphatic heterocycles. The molecule has 12 heteroatoms. The van der Waals surface area contributed by atoms with Gasteiger partial charge in [0.1, 0.15) is 13.2 Å². The molecule has 2 heterocycles. The number of hydrogen-bond donors (Lipinski definition) is 2. The fraction of sp³-hybridized carbons (Fsp3) is 0.200. The largest absolute Gasteiger partial charge is 0.505 e. The summed E-state index contributed by atoms with van der Waals surface area (Å²) in [6.07, 6.45) is -2.80. The van der Waals surface area contributed by atoms with E-state index in [1.165, 1.54) is 46.2 Å². The number of carboxylic acid groups (broad SMARTS) is 2. The highest BCUT2D eigenvalue weighted by Crippen LogP contribution is 2.40. The lowest BCUT2D eigenvalue weighted by atomic mass is 10.3. The van der Waals surface area contributed by atoms with E-state index >= 15 is 0 Å². The number of thioether (sulfide) groups is 2. The normalized spacial score (nSPS) is 13.1. The zero-order valence-corrected chi connectivity index (χ0v) is 19.5. The molecule has 0 aliphatic carbocycles. The van der Waals surface area contributed by atoms with Gasteiger partial charge >= 0.3 is 12.3 Å². The van der Waals surface area contributed by atoms with Gasteiger partial charge in [-0.05, 0) is 24.3 Å². The van der Waals surface area contributed by atoms with Gasteiger partial charge in [0.05, 0.1) is 30.9 Å². The van der Waals surface area contributed by atoms with E-state index in [1.54, 1.807) is 0 Å². The molecule has 32 heavy (non-hydrogen) atoms. The van der Waals surface area contributed by atoms with Crippen LogP contribution in [-0.2, 0) is 9.47 Å². The highest BCUT2D eigenvalue weighted by Gasteiger charge is 2.29. The zero-order valence-electron chi connectivity index (χ0n) is 16.2. The minimum absolute atomic E-state index is 0.151. The highest BCUT2D eigenvalue weighted by molar-refractivity contribution is 8.05. The fourth-order valence-corrected chi connectivity index (χ4v) is 7.75. The molecular weight excluding hydrogens is 492 g/mol. The maximum absolute atomic E-state index is 11.1.